The highest BCUT2D eigenvalue weighted by molar-refractivity contribution is 7.85. The Morgan fingerprint density at radius 2 is 1.02 bits per heavy atom. The fraction of sp³-hybridized carbons (Fsp3) is 0.775. The number of unbranched alkanes of at least 4 members (excludes halogenated alkanes) is 18. The predicted octanol–water partition coefficient (Wildman–Crippen LogP) is 11.1. The molecule has 274 valence electrons. The predicted molar refractivity (Wildman–Crippen MR) is 202 cm³/mol. The first kappa shape index (κ1) is 45.3. The second kappa shape index (κ2) is 34.2. The highest BCUT2D eigenvalue weighted by Gasteiger charge is 2.26. The average molecular weight is 680 g/mol. The van der Waals surface area contributed by atoms with Crippen molar-refractivity contribution in [2.45, 2.75) is 193 Å². The van der Waals surface area contributed by atoms with Gasteiger partial charge < -0.3 is 10.4 Å². The van der Waals surface area contributed by atoms with Crippen molar-refractivity contribution in [1.82, 2.24) is 5.32 Å². The second-order valence-corrected chi connectivity index (χ2v) is 14.7. The zero-order valence-electron chi connectivity index (χ0n) is 30.4. The molecule has 0 bridgehead atoms. The third-order valence-electron chi connectivity index (χ3n) is 8.55. The molecule has 2 atom stereocenters. The molecule has 47 heavy (non-hydrogen) atoms. The lowest BCUT2D eigenvalue weighted by Gasteiger charge is -2.23. The lowest BCUT2D eigenvalue weighted by Crippen LogP contribution is -2.47. The fourth-order valence-corrected chi connectivity index (χ4v) is 6.44. The molecule has 2 unspecified atom stereocenters. The Morgan fingerprint density at radius 3 is 1.51 bits per heavy atom. The SMILES string of the molecule is CC/C=C\C/C=C\C/C=C\C/C=C\CCCCCCC(=O)NC(CS(=O)(=O)O)C(O)CCCCCCCCCCCCCCCCC. The van der Waals surface area contributed by atoms with Gasteiger partial charge in [-0.3, -0.25) is 9.35 Å². The Morgan fingerprint density at radius 1 is 0.596 bits per heavy atom. The molecular weight excluding hydrogens is 607 g/mol. The van der Waals surface area contributed by atoms with Gasteiger partial charge in [0, 0.05) is 6.42 Å². The molecule has 0 aromatic heterocycles. The Balaban J connectivity index is 3.96. The molecular formula is C40H73NO5S. The van der Waals surface area contributed by atoms with Crippen LogP contribution in [0.15, 0.2) is 48.6 Å². The molecule has 0 heterocycles. The summed E-state index contributed by atoms with van der Waals surface area (Å²) in [5, 5.41) is 13.3. The Hall–Kier alpha value is -1.70. The smallest absolute Gasteiger partial charge is 0.266 e. The first-order chi connectivity index (χ1) is 22.8. The number of aliphatic hydroxyl groups is 1. The maximum Gasteiger partial charge on any atom is 0.266 e. The quantitative estimate of drug-likeness (QED) is 0.0357. The zero-order valence-corrected chi connectivity index (χ0v) is 31.2. The van der Waals surface area contributed by atoms with Crippen LogP contribution in [0.5, 0.6) is 0 Å². The minimum atomic E-state index is -4.32. The average Bonchev–Trinajstić information content (AvgIpc) is 3.03. The van der Waals surface area contributed by atoms with E-state index >= 15 is 0 Å². The van der Waals surface area contributed by atoms with E-state index in [2.05, 4.69) is 67.8 Å². The van der Waals surface area contributed by atoms with Crippen molar-refractivity contribution in [3.05, 3.63) is 48.6 Å². The normalized spacial score (nSPS) is 13.9. The number of aliphatic hydroxyl groups excluding tert-OH is 1. The van der Waals surface area contributed by atoms with Crippen molar-refractivity contribution in [3.63, 3.8) is 0 Å². The van der Waals surface area contributed by atoms with Crippen LogP contribution in [0.1, 0.15) is 181 Å². The van der Waals surface area contributed by atoms with Crippen molar-refractivity contribution in [1.29, 1.82) is 0 Å². The molecule has 0 aliphatic rings. The van der Waals surface area contributed by atoms with E-state index in [9.17, 15) is 22.9 Å². The molecule has 6 nitrogen and oxygen atoms in total. The van der Waals surface area contributed by atoms with E-state index in [1.807, 2.05) is 0 Å². The van der Waals surface area contributed by atoms with Crippen molar-refractivity contribution >= 4 is 16.0 Å². The first-order valence-corrected chi connectivity index (χ1v) is 20.9. The lowest BCUT2D eigenvalue weighted by molar-refractivity contribution is -0.122. The van der Waals surface area contributed by atoms with Crippen LogP contribution < -0.4 is 5.32 Å². The molecule has 0 aliphatic carbocycles. The molecule has 0 fully saturated rings. The topological polar surface area (TPSA) is 104 Å². The molecule has 0 spiro atoms. The van der Waals surface area contributed by atoms with Gasteiger partial charge >= 0.3 is 0 Å². The molecule has 1 amide bonds. The van der Waals surface area contributed by atoms with Crippen molar-refractivity contribution in [2.24, 2.45) is 0 Å². The number of hydrogen-bond donors (Lipinski definition) is 3. The van der Waals surface area contributed by atoms with E-state index in [0.29, 0.717) is 12.8 Å². The van der Waals surface area contributed by atoms with Gasteiger partial charge in [-0.1, -0.05) is 172 Å². The van der Waals surface area contributed by atoms with Gasteiger partial charge in [0.2, 0.25) is 5.91 Å². The van der Waals surface area contributed by atoms with E-state index in [1.54, 1.807) is 0 Å². The third-order valence-corrected chi connectivity index (χ3v) is 9.33. The van der Waals surface area contributed by atoms with Gasteiger partial charge in [-0.05, 0) is 51.4 Å². The summed E-state index contributed by atoms with van der Waals surface area (Å²) in [5.74, 6) is -0.929. The van der Waals surface area contributed by atoms with E-state index in [1.165, 1.54) is 77.0 Å². The molecule has 3 N–H and O–H groups in total. The summed E-state index contributed by atoms with van der Waals surface area (Å²) in [6, 6.07) is -0.984. The largest absolute Gasteiger partial charge is 0.391 e. The molecule has 0 aromatic carbocycles. The Bertz CT molecular complexity index is 925. The number of nitrogens with one attached hydrogen (secondary N) is 1. The van der Waals surface area contributed by atoms with E-state index in [4.69, 9.17) is 0 Å². The van der Waals surface area contributed by atoms with Crippen LogP contribution in [0.25, 0.3) is 0 Å². The summed E-state index contributed by atoms with van der Waals surface area (Å²) in [4.78, 5) is 12.5. The van der Waals surface area contributed by atoms with Crippen LogP contribution >= 0.6 is 0 Å². The molecule has 0 radical (unpaired) electrons. The molecule has 7 heteroatoms. The number of carbonyl (C=O) groups is 1. The van der Waals surface area contributed by atoms with Gasteiger partial charge in [-0.15, -0.1) is 0 Å². The first-order valence-electron chi connectivity index (χ1n) is 19.3. The van der Waals surface area contributed by atoms with Gasteiger partial charge in [0.1, 0.15) is 0 Å². The molecule has 0 rings (SSSR count). The van der Waals surface area contributed by atoms with Gasteiger partial charge in [0.05, 0.1) is 17.9 Å². The highest BCUT2D eigenvalue weighted by Crippen LogP contribution is 2.15. The maximum atomic E-state index is 12.5. The lowest BCUT2D eigenvalue weighted by atomic mass is 10.0. The number of allylic oxidation sites excluding steroid dienone is 8. The summed E-state index contributed by atoms with van der Waals surface area (Å²) in [6.07, 6.45) is 44.8. The summed E-state index contributed by atoms with van der Waals surface area (Å²) < 4.78 is 32.5. The minimum absolute atomic E-state index is 0.270. The zero-order chi connectivity index (χ0) is 34.7. The number of hydrogen-bond acceptors (Lipinski definition) is 4. The summed E-state index contributed by atoms with van der Waals surface area (Å²) in [6.45, 7) is 4.40. The summed E-state index contributed by atoms with van der Waals surface area (Å²) in [7, 11) is -4.32. The van der Waals surface area contributed by atoms with E-state index in [-0.39, 0.29) is 12.3 Å². The van der Waals surface area contributed by atoms with E-state index in [0.717, 1.165) is 70.6 Å². The fourth-order valence-electron chi connectivity index (χ4n) is 5.68. The van der Waals surface area contributed by atoms with Crippen LogP contribution in [-0.2, 0) is 14.9 Å². The second-order valence-electron chi connectivity index (χ2n) is 13.2. The Kier molecular flexibility index (Phi) is 32.9. The monoisotopic (exact) mass is 680 g/mol. The van der Waals surface area contributed by atoms with Crippen molar-refractivity contribution in [3.8, 4) is 0 Å². The van der Waals surface area contributed by atoms with Gasteiger partial charge in [-0.25, -0.2) is 0 Å². The van der Waals surface area contributed by atoms with Crippen molar-refractivity contribution < 1.29 is 22.9 Å². The molecule has 0 aliphatic heterocycles. The number of rotatable bonds is 34. The van der Waals surface area contributed by atoms with Gasteiger partial charge in [0.15, 0.2) is 0 Å². The van der Waals surface area contributed by atoms with Crippen LogP contribution in [-0.4, -0.2) is 41.9 Å². The maximum absolute atomic E-state index is 12.5. The van der Waals surface area contributed by atoms with Crippen LogP contribution in [0.3, 0.4) is 0 Å². The van der Waals surface area contributed by atoms with Crippen LogP contribution in [0.2, 0.25) is 0 Å². The van der Waals surface area contributed by atoms with Gasteiger partial charge in [0.25, 0.3) is 10.1 Å². The van der Waals surface area contributed by atoms with Gasteiger partial charge in [-0.2, -0.15) is 8.42 Å². The highest BCUT2D eigenvalue weighted by atomic mass is 32.2. The molecule has 0 saturated carbocycles. The Labute approximate surface area is 290 Å². The van der Waals surface area contributed by atoms with Crippen molar-refractivity contribution in [2.75, 3.05) is 5.75 Å². The van der Waals surface area contributed by atoms with Crippen LogP contribution in [0, 0.1) is 0 Å². The summed E-state index contributed by atoms with van der Waals surface area (Å²) >= 11 is 0. The summed E-state index contributed by atoms with van der Waals surface area (Å²) in [5.41, 5.74) is 0. The molecule has 0 saturated heterocycles. The third kappa shape index (κ3) is 35.4. The number of amides is 1. The minimum Gasteiger partial charge on any atom is -0.391 e. The standard InChI is InChI=1S/C40H73NO5S/c1-3-5-7-9-11-13-15-17-19-20-22-24-26-28-30-32-34-36-40(43)41-38(37-47(44,45)46)39(42)35-33-31-29-27-25-23-21-18-16-14-12-10-8-6-4-2/h5,7,11,13,17,19,22,24,38-39,42H,3-4,6,8-10,12,14-16,18,20-21,23,25-37H2,1-2H3,(H,41,43)(H,44,45,46)/b7-5-,13-11-,19-17-,24-22-. The van der Waals surface area contributed by atoms with E-state index < -0.39 is 28.0 Å². The molecule has 0 aromatic rings. The number of carbonyl (C=O) groups excluding carboxylic acids is 1. The van der Waals surface area contributed by atoms with Crippen LogP contribution in [0.4, 0.5) is 0 Å².